The van der Waals surface area contributed by atoms with Crippen molar-refractivity contribution in [2.75, 3.05) is 0 Å². The molecule has 0 heterocycles. The molecule has 0 bridgehead atoms. The number of hydrogen-bond donors (Lipinski definition) is 0. The lowest BCUT2D eigenvalue weighted by molar-refractivity contribution is 1.11. The first kappa shape index (κ1) is 22.5. The molecular formula is C7H11ClF4. The van der Waals surface area contributed by atoms with Crippen LogP contribution in [0.15, 0.2) is 30.3 Å². The third-order valence-corrected chi connectivity index (χ3v) is 1.31. The minimum Gasteiger partial charge on any atom is -0.269 e. The second-order valence-electron chi connectivity index (χ2n) is 1.62. The second kappa shape index (κ2) is 12.9. The van der Waals surface area contributed by atoms with Crippen LogP contribution in [0.3, 0.4) is 0 Å². The normalized spacial score (nSPS) is 6.08. The summed E-state index contributed by atoms with van der Waals surface area (Å²) in [4.78, 5) is 0. The lowest BCUT2D eigenvalue weighted by Crippen LogP contribution is -1.71. The maximum absolute atomic E-state index is 5.53. The molecule has 0 spiro atoms. The molecule has 0 saturated heterocycles. The molecule has 1 aromatic rings. The molecule has 0 aliphatic heterocycles. The average molecular weight is 207 g/mol. The third-order valence-electron chi connectivity index (χ3n) is 0.997. The smallest absolute Gasteiger partial charge is 0.0474 e. The standard InChI is InChI=1S/C7H7Cl.4FH/c8-6-7-4-2-1-3-5-7;;;;/h1-5H,6H2;4*1H. The Morgan fingerprint density at radius 2 is 1.25 bits per heavy atom. The molecular weight excluding hydrogens is 196 g/mol. The Labute approximate surface area is 73.0 Å². The van der Waals surface area contributed by atoms with Gasteiger partial charge >= 0.3 is 0 Å². The van der Waals surface area contributed by atoms with E-state index in [4.69, 9.17) is 11.6 Å². The van der Waals surface area contributed by atoms with Gasteiger partial charge in [0, 0.05) is 5.88 Å². The highest BCUT2D eigenvalue weighted by atomic mass is 35.5. The summed E-state index contributed by atoms with van der Waals surface area (Å²) in [5, 5.41) is 0. The molecule has 1 aromatic carbocycles. The number of benzene rings is 1. The van der Waals surface area contributed by atoms with E-state index < -0.39 is 0 Å². The molecule has 74 valence electrons. The number of alkyl halides is 1. The summed E-state index contributed by atoms with van der Waals surface area (Å²) >= 11 is 5.53. The van der Waals surface area contributed by atoms with Crippen LogP contribution in [0.4, 0.5) is 18.8 Å². The summed E-state index contributed by atoms with van der Waals surface area (Å²) in [6.45, 7) is 0. The molecule has 1 rings (SSSR count). The number of rotatable bonds is 1. The molecule has 0 aliphatic carbocycles. The molecule has 0 amide bonds. The van der Waals surface area contributed by atoms with Gasteiger partial charge < -0.3 is 0 Å². The molecule has 0 aromatic heterocycles. The van der Waals surface area contributed by atoms with Gasteiger partial charge in [-0.25, -0.2) is 0 Å². The van der Waals surface area contributed by atoms with Crippen molar-refractivity contribution < 1.29 is 18.8 Å². The zero-order chi connectivity index (χ0) is 5.82. The SMILES string of the molecule is ClCc1ccccc1.F.F.F.F. The van der Waals surface area contributed by atoms with Crippen LogP contribution in [0.2, 0.25) is 0 Å². The van der Waals surface area contributed by atoms with E-state index in [1.54, 1.807) is 0 Å². The van der Waals surface area contributed by atoms with E-state index in [9.17, 15) is 0 Å². The van der Waals surface area contributed by atoms with Gasteiger partial charge in [-0.1, -0.05) is 30.3 Å². The molecule has 0 unspecified atom stereocenters. The predicted molar refractivity (Wildman–Crippen MR) is 46.0 cm³/mol. The zero-order valence-corrected chi connectivity index (χ0v) is 6.86. The van der Waals surface area contributed by atoms with Crippen LogP contribution in [-0.2, 0) is 5.88 Å². The summed E-state index contributed by atoms with van der Waals surface area (Å²) in [5.41, 5.74) is 1.18. The Bertz CT molecular complexity index is 157. The topological polar surface area (TPSA) is 0 Å². The molecule has 0 N–H and O–H groups in total. The van der Waals surface area contributed by atoms with Crippen LogP contribution < -0.4 is 0 Å². The van der Waals surface area contributed by atoms with E-state index in [-0.39, 0.29) is 18.8 Å². The number of halogens is 5. The quantitative estimate of drug-likeness (QED) is 0.490. The number of hydrogen-bond acceptors (Lipinski definition) is 0. The van der Waals surface area contributed by atoms with Crippen molar-refractivity contribution in [2.24, 2.45) is 0 Å². The highest BCUT2D eigenvalue weighted by molar-refractivity contribution is 6.17. The first-order chi connectivity index (χ1) is 3.93. The average Bonchev–Trinajstić information content (AvgIpc) is 1.90. The maximum Gasteiger partial charge on any atom is 0.0474 e. The minimum absolute atomic E-state index is 0. The highest BCUT2D eigenvalue weighted by Crippen LogP contribution is 2.00. The fraction of sp³-hybridized carbons (Fsp3) is 0.143. The molecule has 0 nitrogen and oxygen atoms in total. The third kappa shape index (κ3) is 7.34. The van der Waals surface area contributed by atoms with Gasteiger partial charge in [-0.3, -0.25) is 18.8 Å². The predicted octanol–water partition coefficient (Wildman–Crippen LogP) is 3.04. The fourth-order valence-corrected chi connectivity index (χ4v) is 0.745. The largest absolute Gasteiger partial charge is 0.269 e. The summed E-state index contributed by atoms with van der Waals surface area (Å²) in [6, 6.07) is 9.96. The first-order valence-electron chi connectivity index (χ1n) is 2.53. The van der Waals surface area contributed by atoms with E-state index in [2.05, 4.69) is 0 Å². The molecule has 0 aliphatic rings. The van der Waals surface area contributed by atoms with Crippen LogP contribution in [-0.4, -0.2) is 0 Å². The Balaban J connectivity index is -0.0000000800. The summed E-state index contributed by atoms with van der Waals surface area (Å²) in [7, 11) is 0. The molecule has 5 heteroatoms. The molecule has 0 fully saturated rings. The molecule has 0 atom stereocenters. The second-order valence-corrected chi connectivity index (χ2v) is 1.89. The van der Waals surface area contributed by atoms with E-state index >= 15 is 0 Å². The fourth-order valence-electron chi connectivity index (χ4n) is 0.567. The lowest BCUT2D eigenvalue weighted by Gasteiger charge is -1.88. The van der Waals surface area contributed by atoms with Gasteiger partial charge in [0.15, 0.2) is 0 Å². The van der Waals surface area contributed by atoms with Gasteiger partial charge in [-0.15, -0.1) is 11.6 Å². The van der Waals surface area contributed by atoms with Gasteiger partial charge in [-0.05, 0) is 5.56 Å². The minimum atomic E-state index is 0. The Morgan fingerprint density at radius 3 is 1.50 bits per heavy atom. The van der Waals surface area contributed by atoms with Crippen LogP contribution in [0, 0.1) is 0 Å². The van der Waals surface area contributed by atoms with Crippen molar-refractivity contribution in [1.29, 1.82) is 0 Å². The van der Waals surface area contributed by atoms with Crippen molar-refractivity contribution in [3.05, 3.63) is 35.9 Å². The van der Waals surface area contributed by atoms with Gasteiger partial charge in [0.05, 0.1) is 0 Å². The van der Waals surface area contributed by atoms with Crippen LogP contribution in [0.5, 0.6) is 0 Å². The van der Waals surface area contributed by atoms with E-state index in [0.29, 0.717) is 5.88 Å². The van der Waals surface area contributed by atoms with Crippen molar-refractivity contribution in [1.82, 2.24) is 0 Å². The molecule has 12 heavy (non-hydrogen) atoms. The Morgan fingerprint density at radius 1 is 0.833 bits per heavy atom. The zero-order valence-electron chi connectivity index (χ0n) is 6.10. The summed E-state index contributed by atoms with van der Waals surface area (Å²) < 4.78 is 0. The van der Waals surface area contributed by atoms with Crippen molar-refractivity contribution in [2.45, 2.75) is 5.88 Å². The lowest BCUT2D eigenvalue weighted by atomic mass is 10.2. The molecule has 0 saturated carbocycles. The van der Waals surface area contributed by atoms with Crippen molar-refractivity contribution in [3.63, 3.8) is 0 Å². The van der Waals surface area contributed by atoms with Gasteiger partial charge in [0.2, 0.25) is 0 Å². The van der Waals surface area contributed by atoms with E-state index in [0.717, 1.165) is 0 Å². The van der Waals surface area contributed by atoms with Crippen LogP contribution >= 0.6 is 11.6 Å². The Hall–Kier alpha value is -0.770. The molecule has 0 radical (unpaired) electrons. The van der Waals surface area contributed by atoms with Crippen LogP contribution in [0.1, 0.15) is 5.56 Å². The van der Waals surface area contributed by atoms with Crippen molar-refractivity contribution >= 4 is 11.6 Å². The monoisotopic (exact) mass is 206 g/mol. The van der Waals surface area contributed by atoms with Crippen LogP contribution in [0.25, 0.3) is 0 Å². The van der Waals surface area contributed by atoms with Gasteiger partial charge in [-0.2, -0.15) is 0 Å². The van der Waals surface area contributed by atoms with E-state index in [1.165, 1.54) is 5.56 Å². The Kier molecular flexibility index (Phi) is 24.1. The summed E-state index contributed by atoms with van der Waals surface area (Å²) in [5.74, 6) is 0.612. The maximum atomic E-state index is 5.53. The van der Waals surface area contributed by atoms with E-state index in [1.807, 2.05) is 30.3 Å². The first-order valence-corrected chi connectivity index (χ1v) is 3.07. The van der Waals surface area contributed by atoms with Crippen molar-refractivity contribution in [3.8, 4) is 0 Å². The summed E-state index contributed by atoms with van der Waals surface area (Å²) in [6.07, 6.45) is 0. The van der Waals surface area contributed by atoms with Gasteiger partial charge in [0.1, 0.15) is 0 Å². The highest BCUT2D eigenvalue weighted by Gasteiger charge is 1.81. The van der Waals surface area contributed by atoms with Gasteiger partial charge in [0.25, 0.3) is 0 Å².